The van der Waals surface area contributed by atoms with Crippen LogP contribution in [0.25, 0.3) is 11.0 Å². The molecule has 1 N–H and O–H groups in total. The van der Waals surface area contributed by atoms with Crippen LogP contribution >= 0.6 is 11.6 Å². The standard InChI is InChI=1S/C9H8ClN3O2/c1-4-3-11-7-5(4)6(8(14)15-2)12-9(10)13-7/h3H,1-2H3,(H,11,12,13). The summed E-state index contributed by atoms with van der Waals surface area (Å²) in [6, 6.07) is 0. The summed E-state index contributed by atoms with van der Waals surface area (Å²) in [6.07, 6.45) is 1.74. The van der Waals surface area contributed by atoms with Crippen LogP contribution in [0.5, 0.6) is 0 Å². The van der Waals surface area contributed by atoms with E-state index in [0.29, 0.717) is 11.0 Å². The first-order valence-corrected chi connectivity index (χ1v) is 4.61. The van der Waals surface area contributed by atoms with Crippen LogP contribution in [0, 0.1) is 6.92 Å². The highest BCUT2D eigenvalue weighted by atomic mass is 35.5. The number of esters is 1. The topological polar surface area (TPSA) is 67.9 Å². The fourth-order valence-corrected chi connectivity index (χ4v) is 1.57. The molecule has 0 spiro atoms. The number of rotatable bonds is 1. The number of H-pyrrole nitrogens is 1. The Morgan fingerprint density at radius 2 is 2.27 bits per heavy atom. The number of nitrogens with zero attached hydrogens (tertiary/aromatic N) is 2. The molecule has 0 aliphatic heterocycles. The third-order valence-electron chi connectivity index (χ3n) is 2.08. The van der Waals surface area contributed by atoms with E-state index < -0.39 is 5.97 Å². The highest BCUT2D eigenvalue weighted by Gasteiger charge is 2.17. The smallest absolute Gasteiger partial charge is 0.357 e. The molecule has 0 aliphatic rings. The molecule has 0 aliphatic carbocycles. The third kappa shape index (κ3) is 1.55. The fourth-order valence-electron chi connectivity index (χ4n) is 1.40. The van der Waals surface area contributed by atoms with E-state index >= 15 is 0 Å². The number of carbonyl (C=O) groups excluding carboxylic acids is 1. The van der Waals surface area contributed by atoms with E-state index in [1.165, 1.54) is 7.11 Å². The van der Waals surface area contributed by atoms with E-state index in [1.807, 2.05) is 6.92 Å². The second-order valence-corrected chi connectivity index (χ2v) is 3.37. The van der Waals surface area contributed by atoms with Gasteiger partial charge < -0.3 is 9.72 Å². The van der Waals surface area contributed by atoms with Crippen molar-refractivity contribution in [2.75, 3.05) is 7.11 Å². The van der Waals surface area contributed by atoms with Crippen molar-refractivity contribution in [3.63, 3.8) is 0 Å². The molecule has 5 nitrogen and oxygen atoms in total. The normalized spacial score (nSPS) is 10.6. The summed E-state index contributed by atoms with van der Waals surface area (Å²) >= 11 is 5.68. The number of ether oxygens (including phenoxy) is 1. The number of aromatic nitrogens is 3. The molecule has 15 heavy (non-hydrogen) atoms. The predicted octanol–water partition coefficient (Wildman–Crippen LogP) is 1.71. The second-order valence-electron chi connectivity index (χ2n) is 3.03. The number of aryl methyl sites for hydroxylation is 1. The summed E-state index contributed by atoms with van der Waals surface area (Å²) in [7, 11) is 1.30. The highest BCUT2D eigenvalue weighted by Crippen LogP contribution is 2.21. The van der Waals surface area contributed by atoms with Gasteiger partial charge in [0.05, 0.1) is 12.5 Å². The van der Waals surface area contributed by atoms with E-state index in [0.717, 1.165) is 5.56 Å². The van der Waals surface area contributed by atoms with Crippen LogP contribution in [0.3, 0.4) is 0 Å². The molecule has 0 aromatic carbocycles. The van der Waals surface area contributed by atoms with E-state index in [-0.39, 0.29) is 11.0 Å². The molecule has 2 aromatic rings. The Hall–Kier alpha value is -1.62. The Bertz CT molecular complexity index is 535. The summed E-state index contributed by atoms with van der Waals surface area (Å²) in [6.45, 7) is 1.85. The first kappa shape index (κ1) is 9.92. The molecule has 0 bridgehead atoms. The van der Waals surface area contributed by atoms with Gasteiger partial charge in [-0.3, -0.25) is 0 Å². The number of carbonyl (C=O) groups is 1. The van der Waals surface area contributed by atoms with Crippen molar-refractivity contribution in [2.45, 2.75) is 6.92 Å². The molecule has 2 aromatic heterocycles. The molecular weight excluding hydrogens is 218 g/mol. The molecule has 0 radical (unpaired) electrons. The predicted molar refractivity (Wildman–Crippen MR) is 55.0 cm³/mol. The number of aromatic amines is 1. The number of nitrogens with one attached hydrogen (secondary N) is 1. The van der Waals surface area contributed by atoms with Gasteiger partial charge in [-0.05, 0) is 24.1 Å². The average molecular weight is 226 g/mol. The van der Waals surface area contributed by atoms with Gasteiger partial charge in [0.15, 0.2) is 5.69 Å². The first-order chi connectivity index (χ1) is 7.13. The molecule has 2 heterocycles. The maximum atomic E-state index is 11.4. The van der Waals surface area contributed by atoms with Gasteiger partial charge >= 0.3 is 5.97 Å². The van der Waals surface area contributed by atoms with Gasteiger partial charge in [-0.1, -0.05) is 0 Å². The van der Waals surface area contributed by atoms with Crippen molar-refractivity contribution in [3.05, 3.63) is 22.7 Å². The maximum absolute atomic E-state index is 11.4. The Labute approximate surface area is 90.4 Å². The lowest BCUT2D eigenvalue weighted by molar-refractivity contribution is 0.0596. The molecule has 78 valence electrons. The minimum Gasteiger partial charge on any atom is -0.464 e. The molecule has 0 atom stereocenters. The quantitative estimate of drug-likeness (QED) is 0.593. The van der Waals surface area contributed by atoms with Crippen molar-refractivity contribution in [1.82, 2.24) is 15.0 Å². The van der Waals surface area contributed by atoms with Gasteiger partial charge in [0, 0.05) is 6.20 Å². The van der Waals surface area contributed by atoms with Gasteiger partial charge in [-0.15, -0.1) is 0 Å². The van der Waals surface area contributed by atoms with E-state index in [1.54, 1.807) is 6.20 Å². The molecule has 6 heteroatoms. The van der Waals surface area contributed by atoms with Gasteiger partial charge in [-0.2, -0.15) is 4.98 Å². The van der Waals surface area contributed by atoms with Crippen LogP contribution < -0.4 is 0 Å². The van der Waals surface area contributed by atoms with Gasteiger partial charge in [0.2, 0.25) is 5.28 Å². The lowest BCUT2D eigenvalue weighted by atomic mass is 10.2. The minimum absolute atomic E-state index is 0.0183. The Morgan fingerprint density at radius 1 is 1.53 bits per heavy atom. The van der Waals surface area contributed by atoms with Gasteiger partial charge in [0.1, 0.15) is 5.65 Å². The molecule has 0 fully saturated rings. The molecule has 0 saturated carbocycles. The number of hydrogen-bond donors (Lipinski definition) is 1. The molecular formula is C9H8ClN3O2. The van der Waals surface area contributed by atoms with Gasteiger partial charge in [0.25, 0.3) is 0 Å². The largest absolute Gasteiger partial charge is 0.464 e. The van der Waals surface area contributed by atoms with Crippen molar-refractivity contribution >= 4 is 28.6 Å². The number of halogens is 1. The second kappa shape index (κ2) is 3.51. The van der Waals surface area contributed by atoms with Crippen molar-refractivity contribution < 1.29 is 9.53 Å². The van der Waals surface area contributed by atoms with Crippen molar-refractivity contribution in [2.24, 2.45) is 0 Å². The van der Waals surface area contributed by atoms with Crippen LogP contribution in [0.1, 0.15) is 16.1 Å². The average Bonchev–Trinajstić information content (AvgIpc) is 2.58. The van der Waals surface area contributed by atoms with E-state index in [9.17, 15) is 4.79 Å². The lowest BCUT2D eigenvalue weighted by Crippen LogP contribution is -2.06. The Kier molecular flexibility index (Phi) is 2.32. The zero-order chi connectivity index (χ0) is 11.0. The zero-order valence-corrected chi connectivity index (χ0v) is 8.92. The number of hydrogen-bond acceptors (Lipinski definition) is 4. The number of methoxy groups -OCH3 is 1. The fraction of sp³-hybridized carbons (Fsp3) is 0.222. The lowest BCUT2D eigenvalue weighted by Gasteiger charge is -2.01. The van der Waals surface area contributed by atoms with Crippen molar-refractivity contribution in [1.29, 1.82) is 0 Å². The van der Waals surface area contributed by atoms with E-state index in [4.69, 9.17) is 11.6 Å². The summed E-state index contributed by atoms with van der Waals surface area (Å²) in [5, 5.41) is 0.663. The molecule has 2 rings (SSSR count). The Morgan fingerprint density at radius 3 is 2.93 bits per heavy atom. The molecule has 0 amide bonds. The maximum Gasteiger partial charge on any atom is 0.357 e. The van der Waals surface area contributed by atoms with Crippen LogP contribution in [0.4, 0.5) is 0 Å². The summed E-state index contributed by atoms with van der Waals surface area (Å²) in [5.41, 5.74) is 1.60. The SMILES string of the molecule is COC(=O)c1nc(Cl)nc2[nH]cc(C)c12. The van der Waals surface area contributed by atoms with Crippen molar-refractivity contribution in [3.8, 4) is 0 Å². The van der Waals surface area contributed by atoms with E-state index in [2.05, 4.69) is 19.7 Å². The van der Waals surface area contributed by atoms with Crippen LogP contribution in [0.15, 0.2) is 6.20 Å². The summed E-state index contributed by atoms with van der Waals surface area (Å²) in [5.74, 6) is -0.521. The highest BCUT2D eigenvalue weighted by molar-refractivity contribution is 6.29. The summed E-state index contributed by atoms with van der Waals surface area (Å²) in [4.78, 5) is 22.2. The van der Waals surface area contributed by atoms with Gasteiger partial charge in [-0.25, -0.2) is 9.78 Å². The third-order valence-corrected chi connectivity index (χ3v) is 2.25. The van der Waals surface area contributed by atoms with Crippen LogP contribution in [0.2, 0.25) is 5.28 Å². The monoisotopic (exact) mass is 225 g/mol. The minimum atomic E-state index is -0.521. The number of fused-ring (bicyclic) bond motifs is 1. The zero-order valence-electron chi connectivity index (χ0n) is 8.17. The summed E-state index contributed by atoms with van der Waals surface area (Å²) < 4.78 is 4.62. The Balaban J connectivity index is 2.80. The first-order valence-electron chi connectivity index (χ1n) is 4.23. The molecule has 0 unspecified atom stereocenters. The van der Waals surface area contributed by atoms with Crippen LogP contribution in [-0.2, 0) is 4.74 Å². The molecule has 0 saturated heterocycles. The van der Waals surface area contributed by atoms with Crippen LogP contribution in [-0.4, -0.2) is 28.0 Å².